The maximum Gasteiger partial charge on any atom is 0.165 e. The molecule has 0 unspecified atom stereocenters. The van der Waals surface area contributed by atoms with Gasteiger partial charge in [-0.25, -0.2) is 8.42 Å². The van der Waals surface area contributed by atoms with Crippen LogP contribution >= 0.6 is 11.6 Å². The Morgan fingerprint density at radius 1 is 1.20 bits per heavy atom. The van der Waals surface area contributed by atoms with Crippen LogP contribution < -0.4 is 0 Å². The average molecular weight is 316 g/mol. The second-order valence-corrected chi connectivity index (χ2v) is 7.71. The first-order chi connectivity index (χ1) is 9.48. The Labute approximate surface area is 124 Å². The number of benzene rings is 1. The van der Waals surface area contributed by atoms with Gasteiger partial charge in [-0.05, 0) is 25.1 Å². The third-order valence-corrected chi connectivity index (χ3v) is 5.52. The Bertz CT molecular complexity index is 586. The Morgan fingerprint density at radius 3 is 2.70 bits per heavy atom. The van der Waals surface area contributed by atoms with Crippen molar-refractivity contribution in [3.05, 3.63) is 34.9 Å². The predicted molar refractivity (Wildman–Crippen MR) is 80.1 cm³/mol. The molecule has 1 saturated heterocycles. The van der Waals surface area contributed by atoms with Gasteiger partial charge in [-0.3, -0.25) is 4.79 Å². The highest BCUT2D eigenvalue weighted by Gasteiger charge is 2.19. The van der Waals surface area contributed by atoms with Crippen molar-refractivity contribution in [3.63, 3.8) is 0 Å². The molecule has 110 valence electrons. The fourth-order valence-electron chi connectivity index (χ4n) is 2.30. The lowest BCUT2D eigenvalue weighted by atomic mass is 10.1. The van der Waals surface area contributed by atoms with Gasteiger partial charge in [0.15, 0.2) is 15.6 Å². The van der Waals surface area contributed by atoms with Crippen molar-refractivity contribution in [2.75, 3.05) is 31.1 Å². The number of carbonyl (C=O) groups is 1. The second kappa shape index (κ2) is 6.70. The van der Waals surface area contributed by atoms with E-state index in [4.69, 9.17) is 11.6 Å². The third kappa shape index (κ3) is 4.30. The summed E-state index contributed by atoms with van der Waals surface area (Å²) >= 11 is 5.99. The molecular formula is C14H18ClNO3S. The summed E-state index contributed by atoms with van der Waals surface area (Å²) in [5.41, 5.74) is 0.539. The van der Waals surface area contributed by atoms with Crippen LogP contribution in [-0.2, 0) is 9.84 Å². The molecule has 0 radical (unpaired) electrons. The lowest BCUT2D eigenvalue weighted by Crippen LogP contribution is -2.29. The zero-order chi connectivity index (χ0) is 14.6. The van der Waals surface area contributed by atoms with Gasteiger partial charge in [0.2, 0.25) is 0 Å². The fraction of sp³-hybridized carbons (Fsp3) is 0.500. The smallest absolute Gasteiger partial charge is 0.165 e. The maximum absolute atomic E-state index is 12.1. The van der Waals surface area contributed by atoms with Crippen molar-refractivity contribution < 1.29 is 13.2 Å². The van der Waals surface area contributed by atoms with Crippen LogP contribution in [0.15, 0.2) is 24.3 Å². The van der Waals surface area contributed by atoms with Gasteiger partial charge >= 0.3 is 0 Å². The second-order valence-electron chi connectivity index (χ2n) is 5.00. The molecule has 1 aliphatic rings. The molecule has 4 nitrogen and oxygen atoms in total. The molecule has 0 saturated carbocycles. The Morgan fingerprint density at radius 2 is 1.95 bits per heavy atom. The van der Waals surface area contributed by atoms with Crippen LogP contribution in [0.1, 0.15) is 23.2 Å². The van der Waals surface area contributed by atoms with Crippen molar-refractivity contribution in [3.8, 4) is 0 Å². The van der Waals surface area contributed by atoms with Crippen LogP contribution in [0.25, 0.3) is 0 Å². The van der Waals surface area contributed by atoms with Gasteiger partial charge in [-0.15, -0.1) is 0 Å². The van der Waals surface area contributed by atoms with Crippen LogP contribution in [0, 0.1) is 0 Å². The van der Waals surface area contributed by atoms with Crippen LogP contribution in [0.5, 0.6) is 0 Å². The molecular weight excluding hydrogens is 298 g/mol. The predicted octanol–water partition coefficient (Wildman–Crippen LogP) is 2.03. The minimum atomic E-state index is -2.90. The lowest BCUT2D eigenvalue weighted by Gasteiger charge is -2.18. The summed E-state index contributed by atoms with van der Waals surface area (Å²) < 4.78 is 23.0. The summed E-state index contributed by atoms with van der Waals surface area (Å²) in [6.45, 7) is 1.83. The number of rotatable bonds is 4. The van der Waals surface area contributed by atoms with Gasteiger partial charge in [0.05, 0.1) is 16.5 Å². The van der Waals surface area contributed by atoms with Crippen LogP contribution in [0.2, 0.25) is 5.02 Å². The Hall–Kier alpha value is -0.910. The number of hydrogen-bond acceptors (Lipinski definition) is 4. The standard InChI is InChI=1S/C14H18ClNO3S/c15-13-5-2-1-4-12(13)14(17)6-8-16-7-3-10-20(18,19)11-9-16/h1-2,4-5H,3,6-11H2. The number of nitrogens with zero attached hydrogens (tertiary/aromatic N) is 1. The zero-order valence-electron chi connectivity index (χ0n) is 11.2. The first kappa shape index (κ1) is 15.5. The van der Waals surface area contributed by atoms with Crippen LogP contribution in [0.3, 0.4) is 0 Å². The van der Waals surface area contributed by atoms with Gasteiger partial charge in [-0.2, -0.15) is 0 Å². The monoisotopic (exact) mass is 315 g/mol. The van der Waals surface area contributed by atoms with Gasteiger partial charge in [-0.1, -0.05) is 23.7 Å². The van der Waals surface area contributed by atoms with Crippen molar-refractivity contribution in [2.45, 2.75) is 12.8 Å². The topological polar surface area (TPSA) is 54.5 Å². The van der Waals surface area contributed by atoms with Crippen molar-refractivity contribution in [2.24, 2.45) is 0 Å². The molecule has 1 aliphatic heterocycles. The molecule has 0 aromatic heterocycles. The first-order valence-corrected chi connectivity index (χ1v) is 8.88. The fourth-order valence-corrected chi connectivity index (χ4v) is 3.85. The van der Waals surface area contributed by atoms with Gasteiger partial charge < -0.3 is 4.90 Å². The van der Waals surface area contributed by atoms with E-state index in [1.807, 2.05) is 4.90 Å². The molecule has 2 rings (SSSR count). The van der Waals surface area contributed by atoms with Gasteiger partial charge in [0.25, 0.3) is 0 Å². The van der Waals surface area contributed by atoms with Crippen molar-refractivity contribution in [1.29, 1.82) is 0 Å². The number of sulfone groups is 1. The molecule has 1 aromatic rings. The molecule has 1 fully saturated rings. The molecule has 0 spiro atoms. The van der Waals surface area contributed by atoms with E-state index in [1.165, 1.54) is 0 Å². The minimum absolute atomic E-state index is 0.00250. The molecule has 20 heavy (non-hydrogen) atoms. The van der Waals surface area contributed by atoms with Gasteiger partial charge in [0.1, 0.15) is 0 Å². The molecule has 0 N–H and O–H groups in total. The number of ketones is 1. The van der Waals surface area contributed by atoms with E-state index in [2.05, 4.69) is 0 Å². The summed E-state index contributed by atoms with van der Waals surface area (Å²) in [7, 11) is -2.90. The highest BCUT2D eigenvalue weighted by molar-refractivity contribution is 7.91. The molecule has 0 amide bonds. The Kier molecular flexibility index (Phi) is 5.18. The number of halogens is 1. The van der Waals surface area contributed by atoms with E-state index in [0.717, 1.165) is 6.54 Å². The van der Waals surface area contributed by atoms with Crippen LogP contribution in [-0.4, -0.2) is 50.2 Å². The van der Waals surface area contributed by atoms with Crippen LogP contribution in [0.4, 0.5) is 0 Å². The van der Waals surface area contributed by atoms with Crippen molar-refractivity contribution in [1.82, 2.24) is 4.90 Å². The quantitative estimate of drug-likeness (QED) is 0.798. The zero-order valence-corrected chi connectivity index (χ0v) is 12.8. The largest absolute Gasteiger partial charge is 0.302 e. The summed E-state index contributed by atoms with van der Waals surface area (Å²) in [6, 6.07) is 7.00. The highest BCUT2D eigenvalue weighted by Crippen LogP contribution is 2.17. The molecule has 0 atom stereocenters. The van der Waals surface area contributed by atoms with E-state index in [9.17, 15) is 13.2 Å². The van der Waals surface area contributed by atoms with E-state index in [1.54, 1.807) is 24.3 Å². The summed E-state index contributed by atoms with van der Waals surface area (Å²) in [5.74, 6) is 0.442. The third-order valence-electron chi connectivity index (χ3n) is 3.48. The minimum Gasteiger partial charge on any atom is -0.302 e. The molecule has 6 heteroatoms. The molecule has 1 heterocycles. The SMILES string of the molecule is O=C(CCN1CCCS(=O)(=O)CC1)c1ccccc1Cl. The lowest BCUT2D eigenvalue weighted by molar-refractivity contribution is 0.0966. The van der Waals surface area contributed by atoms with E-state index < -0.39 is 9.84 Å². The highest BCUT2D eigenvalue weighted by atomic mass is 35.5. The molecule has 0 aliphatic carbocycles. The summed E-state index contributed by atoms with van der Waals surface area (Å²) in [4.78, 5) is 14.1. The first-order valence-electron chi connectivity index (χ1n) is 6.68. The average Bonchev–Trinajstić information content (AvgIpc) is 2.57. The van der Waals surface area contributed by atoms with Gasteiger partial charge in [0, 0.05) is 25.1 Å². The van der Waals surface area contributed by atoms with E-state index in [-0.39, 0.29) is 17.3 Å². The number of carbonyl (C=O) groups excluding carboxylic acids is 1. The number of Topliss-reactive ketones (excluding diaryl/α,β-unsaturated/α-hetero) is 1. The normalized spacial score (nSPS) is 19.4. The summed E-state index contributed by atoms with van der Waals surface area (Å²) in [6.07, 6.45) is 1.01. The molecule has 1 aromatic carbocycles. The summed E-state index contributed by atoms with van der Waals surface area (Å²) in [5, 5.41) is 0.468. The number of hydrogen-bond donors (Lipinski definition) is 0. The van der Waals surface area contributed by atoms with E-state index in [0.29, 0.717) is 36.5 Å². The van der Waals surface area contributed by atoms with E-state index >= 15 is 0 Å². The Balaban J connectivity index is 1.89. The van der Waals surface area contributed by atoms with Crippen molar-refractivity contribution >= 4 is 27.2 Å². The maximum atomic E-state index is 12.1. The molecule has 0 bridgehead atoms.